The van der Waals surface area contributed by atoms with Crippen LogP contribution >= 0.6 is 0 Å². The molecule has 1 amide bonds. The number of nitrogens with zero attached hydrogens (tertiary/aromatic N) is 3. The van der Waals surface area contributed by atoms with Crippen molar-refractivity contribution in [3.63, 3.8) is 0 Å². The van der Waals surface area contributed by atoms with Crippen LogP contribution in [0.4, 0.5) is 0 Å². The van der Waals surface area contributed by atoms with Crippen LogP contribution in [-0.2, 0) is 6.42 Å². The predicted molar refractivity (Wildman–Crippen MR) is 86.6 cm³/mol. The molecule has 0 saturated heterocycles. The maximum Gasteiger partial charge on any atom is 0.255 e. The quantitative estimate of drug-likeness (QED) is 0.708. The topological polar surface area (TPSA) is 68.5 Å². The van der Waals surface area contributed by atoms with Gasteiger partial charge in [0, 0.05) is 19.2 Å². The minimum atomic E-state index is -0.131. The smallest absolute Gasteiger partial charge is 0.255 e. The average Bonchev–Trinajstić information content (AvgIpc) is 3.01. The lowest BCUT2D eigenvalue weighted by Gasteiger charge is -2.08. The van der Waals surface area contributed by atoms with Crippen LogP contribution in [0.25, 0.3) is 5.65 Å². The van der Waals surface area contributed by atoms with Crippen LogP contribution in [0.15, 0.2) is 48.7 Å². The van der Waals surface area contributed by atoms with Gasteiger partial charge in [-0.05, 0) is 30.7 Å². The number of nitrogens with one attached hydrogen (secondary N) is 1. The fraction of sp³-hybridized carbons (Fsp3) is 0.235. The van der Waals surface area contributed by atoms with E-state index in [0.717, 1.165) is 24.3 Å². The van der Waals surface area contributed by atoms with Gasteiger partial charge in [0.1, 0.15) is 11.6 Å². The first-order valence-corrected chi connectivity index (χ1v) is 7.49. The van der Waals surface area contributed by atoms with Gasteiger partial charge in [-0.1, -0.05) is 18.2 Å². The van der Waals surface area contributed by atoms with E-state index in [4.69, 9.17) is 4.74 Å². The number of methoxy groups -OCH3 is 1. The third-order valence-corrected chi connectivity index (χ3v) is 3.60. The zero-order chi connectivity index (χ0) is 16.1. The number of benzene rings is 1. The Labute approximate surface area is 134 Å². The largest absolute Gasteiger partial charge is 0.496 e. The van der Waals surface area contributed by atoms with Gasteiger partial charge in [-0.15, -0.1) is 10.2 Å². The van der Waals surface area contributed by atoms with Crippen LogP contribution in [0, 0.1) is 0 Å². The Bertz CT molecular complexity index is 813. The highest BCUT2D eigenvalue weighted by molar-refractivity contribution is 5.96. The molecule has 0 aliphatic rings. The van der Waals surface area contributed by atoms with E-state index in [1.54, 1.807) is 19.2 Å². The molecule has 6 nitrogen and oxygen atoms in total. The first kappa shape index (κ1) is 15.0. The molecule has 0 aliphatic heterocycles. The number of rotatable bonds is 6. The van der Waals surface area contributed by atoms with Gasteiger partial charge < -0.3 is 10.1 Å². The zero-order valence-corrected chi connectivity index (χ0v) is 12.9. The molecule has 1 N–H and O–H groups in total. The maximum atomic E-state index is 12.2. The number of aryl methyl sites for hydroxylation is 1. The summed E-state index contributed by atoms with van der Waals surface area (Å²) >= 11 is 0. The van der Waals surface area contributed by atoms with Gasteiger partial charge in [0.2, 0.25) is 0 Å². The molecular formula is C17H18N4O2. The highest BCUT2D eigenvalue weighted by Gasteiger charge is 2.11. The van der Waals surface area contributed by atoms with E-state index in [-0.39, 0.29) is 5.91 Å². The van der Waals surface area contributed by atoms with E-state index in [1.807, 2.05) is 40.9 Å². The molecule has 3 rings (SSSR count). The van der Waals surface area contributed by atoms with Crippen molar-refractivity contribution in [2.75, 3.05) is 13.7 Å². The summed E-state index contributed by atoms with van der Waals surface area (Å²) in [7, 11) is 1.56. The number of para-hydroxylation sites is 1. The number of amides is 1. The second kappa shape index (κ2) is 6.91. The van der Waals surface area contributed by atoms with E-state index >= 15 is 0 Å². The van der Waals surface area contributed by atoms with Crippen molar-refractivity contribution in [3.8, 4) is 5.75 Å². The van der Waals surface area contributed by atoms with Crippen molar-refractivity contribution in [2.45, 2.75) is 12.8 Å². The van der Waals surface area contributed by atoms with Crippen molar-refractivity contribution >= 4 is 11.6 Å². The Morgan fingerprint density at radius 2 is 2.00 bits per heavy atom. The van der Waals surface area contributed by atoms with Crippen molar-refractivity contribution < 1.29 is 9.53 Å². The summed E-state index contributed by atoms with van der Waals surface area (Å²) in [5.41, 5.74) is 1.38. The summed E-state index contributed by atoms with van der Waals surface area (Å²) in [4.78, 5) is 12.2. The summed E-state index contributed by atoms with van der Waals surface area (Å²) in [6.07, 6.45) is 3.48. The van der Waals surface area contributed by atoms with Crippen molar-refractivity contribution in [2.24, 2.45) is 0 Å². The van der Waals surface area contributed by atoms with Gasteiger partial charge >= 0.3 is 0 Å². The van der Waals surface area contributed by atoms with Gasteiger partial charge in [-0.3, -0.25) is 9.20 Å². The van der Waals surface area contributed by atoms with Gasteiger partial charge in [-0.2, -0.15) is 0 Å². The Hall–Kier alpha value is -2.89. The Balaban J connectivity index is 1.54. The molecule has 2 heterocycles. The standard InChI is InChI=1S/C17H18N4O2/c1-23-14-8-3-2-7-13(14)17(22)18-11-6-10-16-20-19-15-9-4-5-12-21(15)16/h2-5,7-9,12H,6,10-11H2,1H3,(H,18,22). The summed E-state index contributed by atoms with van der Waals surface area (Å²) in [5, 5.41) is 11.2. The van der Waals surface area contributed by atoms with Gasteiger partial charge in [0.15, 0.2) is 5.65 Å². The lowest BCUT2D eigenvalue weighted by molar-refractivity contribution is 0.0950. The lowest BCUT2D eigenvalue weighted by atomic mass is 10.2. The number of hydrogen-bond donors (Lipinski definition) is 1. The maximum absolute atomic E-state index is 12.2. The van der Waals surface area contributed by atoms with Crippen molar-refractivity contribution in [1.29, 1.82) is 0 Å². The molecule has 0 spiro atoms. The third-order valence-electron chi connectivity index (χ3n) is 3.60. The molecule has 1 aromatic carbocycles. The second-order valence-electron chi connectivity index (χ2n) is 5.10. The number of carbonyl (C=O) groups is 1. The molecule has 0 bridgehead atoms. The predicted octanol–water partition coefficient (Wildman–Crippen LogP) is 2.10. The molecule has 0 fully saturated rings. The fourth-order valence-electron chi connectivity index (χ4n) is 2.44. The summed E-state index contributed by atoms with van der Waals surface area (Å²) in [6.45, 7) is 0.568. The van der Waals surface area contributed by atoms with Crippen LogP contribution in [0.3, 0.4) is 0 Å². The SMILES string of the molecule is COc1ccccc1C(=O)NCCCc1nnc2ccccn12. The molecule has 0 aliphatic carbocycles. The molecule has 6 heteroatoms. The van der Waals surface area contributed by atoms with Crippen LogP contribution in [-0.4, -0.2) is 34.2 Å². The fourth-order valence-corrected chi connectivity index (χ4v) is 2.44. The molecular weight excluding hydrogens is 292 g/mol. The molecule has 3 aromatic rings. The molecule has 2 aromatic heterocycles. The van der Waals surface area contributed by atoms with Crippen molar-refractivity contribution in [1.82, 2.24) is 19.9 Å². The monoisotopic (exact) mass is 310 g/mol. The molecule has 0 atom stereocenters. The zero-order valence-electron chi connectivity index (χ0n) is 12.9. The molecule has 23 heavy (non-hydrogen) atoms. The first-order valence-electron chi connectivity index (χ1n) is 7.49. The molecule has 118 valence electrons. The van der Waals surface area contributed by atoms with Crippen LogP contribution < -0.4 is 10.1 Å². The Kier molecular flexibility index (Phi) is 4.52. The third kappa shape index (κ3) is 3.31. The highest BCUT2D eigenvalue weighted by atomic mass is 16.5. The number of carbonyl (C=O) groups excluding carboxylic acids is 1. The normalized spacial score (nSPS) is 10.7. The Morgan fingerprint density at radius 1 is 1.17 bits per heavy atom. The first-order chi connectivity index (χ1) is 11.3. The molecule has 0 radical (unpaired) electrons. The number of hydrogen-bond acceptors (Lipinski definition) is 4. The van der Waals surface area contributed by atoms with Gasteiger partial charge in [0.25, 0.3) is 5.91 Å². The average molecular weight is 310 g/mol. The minimum Gasteiger partial charge on any atom is -0.496 e. The van der Waals surface area contributed by atoms with E-state index < -0.39 is 0 Å². The van der Waals surface area contributed by atoms with Crippen LogP contribution in [0.1, 0.15) is 22.6 Å². The van der Waals surface area contributed by atoms with Crippen LogP contribution in [0.5, 0.6) is 5.75 Å². The summed E-state index contributed by atoms with van der Waals surface area (Å²) in [6, 6.07) is 13.0. The van der Waals surface area contributed by atoms with E-state index in [1.165, 1.54) is 0 Å². The summed E-state index contributed by atoms with van der Waals surface area (Å²) in [5.74, 6) is 1.34. The highest BCUT2D eigenvalue weighted by Crippen LogP contribution is 2.16. The van der Waals surface area contributed by atoms with E-state index in [0.29, 0.717) is 17.9 Å². The summed E-state index contributed by atoms with van der Waals surface area (Å²) < 4.78 is 7.16. The van der Waals surface area contributed by atoms with Gasteiger partial charge in [0.05, 0.1) is 12.7 Å². The number of pyridine rings is 1. The van der Waals surface area contributed by atoms with E-state index in [2.05, 4.69) is 15.5 Å². The molecule has 0 unspecified atom stereocenters. The van der Waals surface area contributed by atoms with Crippen molar-refractivity contribution in [3.05, 3.63) is 60.0 Å². The number of aromatic nitrogens is 3. The lowest BCUT2D eigenvalue weighted by Crippen LogP contribution is -2.25. The Morgan fingerprint density at radius 3 is 2.87 bits per heavy atom. The van der Waals surface area contributed by atoms with Crippen LogP contribution in [0.2, 0.25) is 0 Å². The minimum absolute atomic E-state index is 0.131. The number of ether oxygens (including phenoxy) is 1. The number of fused-ring (bicyclic) bond motifs is 1. The van der Waals surface area contributed by atoms with Gasteiger partial charge in [-0.25, -0.2) is 0 Å². The van der Waals surface area contributed by atoms with E-state index in [9.17, 15) is 4.79 Å². The molecule has 0 saturated carbocycles. The second-order valence-corrected chi connectivity index (χ2v) is 5.10.